The van der Waals surface area contributed by atoms with Gasteiger partial charge in [0.1, 0.15) is 0 Å². The molecule has 2 rings (SSSR count). The Morgan fingerprint density at radius 2 is 2.10 bits per heavy atom. The molecular weight excluding hydrogens is 262 g/mol. The van der Waals surface area contributed by atoms with E-state index in [0.717, 1.165) is 37.9 Å². The summed E-state index contributed by atoms with van der Waals surface area (Å²) in [5, 5.41) is 9.44. The molecule has 0 saturated carbocycles. The first-order valence-corrected chi connectivity index (χ1v) is 7.86. The molecule has 21 heavy (non-hydrogen) atoms. The van der Waals surface area contributed by atoms with Gasteiger partial charge >= 0.3 is 0 Å². The summed E-state index contributed by atoms with van der Waals surface area (Å²) in [4.78, 5) is 0. The highest BCUT2D eigenvalue weighted by molar-refractivity contribution is 5.81. The van der Waals surface area contributed by atoms with Crippen LogP contribution in [0.3, 0.4) is 0 Å². The van der Waals surface area contributed by atoms with Crippen molar-refractivity contribution >= 4 is 10.9 Å². The van der Waals surface area contributed by atoms with Crippen LogP contribution in [0.15, 0.2) is 24.3 Å². The predicted octanol–water partition coefficient (Wildman–Crippen LogP) is 3.21. The lowest BCUT2D eigenvalue weighted by molar-refractivity contribution is 0.199. The molecule has 1 heterocycles. The van der Waals surface area contributed by atoms with E-state index in [-0.39, 0.29) is 0 Å². The number of para-hydroxylation sites is 1. The highest BCUT2D eigenvalue weighted by Gasteiger charge is 2.09. The van der Waals surface area contributed by atoms with Gasteiger partial charge in [0.15, 0.2) is 0 Å². The third kappa shape index (κ3) is 4.55. The average molecular weight is 289 g/mol. The standard InChI is InChI=1S/C17H27N3O/c1-14(2)7-6-11-20-17-9-5-4-8-15(17)16(19-20)13-18-10-12-21-3/h4-5,8-9,14,18H,6-7,10-13H2,1-3H3. The van der Waals surface area contributed by atoms with Gasteiger partial charge in [-0.15, -0.1) is 0 Å². The van der Waals surface area contributed by atoms with Crippen molar-refractivity contribution < 1.29 is 4.74 Å². The third-order valence-corrected chi connectivity index (χ3v) is 3.66. The second-order valence-electron chi connectivity index (χ2n) is 5.89. The number of nitrogens with zero attached hydrogens (tertiary/aromatic N) is 2. The van der Waals surface area contributed by atoms with Crippen LogP contribution in [-0.2, 0) is 17.8 Å². The summed E-state index contributed by atoms with van der Waals surface area (Å²) in [6.45, 7) is 7.91. The molecule has 4 nitrogen and oxygen atoms in total. The minimum absolute atomic E-state index is 0.729. The van der Waals surface area contributed by atoms with Gasteiger partial charge in [-0.05, 0) is 24.8 Å². The Bertz CT molecular complexity index is 548. The number of ether oxygens (including phenoxy) is 1. The quantitative estimate of drug-likeness (QED) is 0.721. The van der Waals surface area contributed by atoms with E-state index >= 15 is 0 Å². The van der Waals surface area contributed by atoms with E-state index in [1.807, 2.05) is 0 Å². The summed E-state index contributed by atoms with van der Waals surface area (Å²) in [5.74, 6) is 0.752. The molecule has 0 aliphatic rings. The van der Waals surface area contributed by atoms with Gasteiger partial charge < -0.3 is 10.1 Å². The fourth-order valence-electron chi connectivity index (χ4n) is 2.53. The zero-order valence-corrected chi connectivity index (χ0v) is 13.4. The first-order chi connectivity index (χ1) is 10.2. The lowest BCUT2D eigenvalue weighted by atomic mass is 10.1. The zero-order chi connectivity index (χ0) is 15.1. The summed E-state index contributed by atoms with van der Waals surface area (Å²) in [6.07, 6.45) is 2.43. The van der Waals surface area contributed by atoms with Crippen molar-refractivity contribution in [3.05, 3.63) is 30.0 Å². The van der Waals surface area contributed by atoms with Crippen LogP contribution < -0.4 is 5.32 Å². The predicted molar refractivity (Wildman–Crippen MR) is 87.4 cm³/mol. The van der Waals surface area contributed by atoms with Crippen molar-refractivity contribution in [3.8, 4) is 0 Å². The summed E-state index contributed by atoms with van der Waals surface area (Å²) in [7, 11) is 1.72. The smallest absolute Gasteiger partial charge is 0.0841 e. The lowest BCUT2D eigenvalue weighted by Crippen LogP contribution is -2.19. The molecule has 116 valence electrons. The molecule has 0 bridgehead atoms. The second kappa shape index (κ2) is 8.15. The SMILES string of the molecule is COCCNCc1nn(CCCC(C)C)c2ccccc12. The fraction of sp³-hybridized carbons (Fsp3) is 0.588. The van der Waals surface area contributed by atoms with Gasteiger partial charge in [0.25, 0.3) is 0 Å². The first-order valence-electron chi connectivity index (χ1n) is 7.86. The molecule has 0 aliphatic carbocycles. The Kier molecular flexibility index (Phi) is 6.21. The van der Waals surface area contributed by atoms with Gasteiger partial charge in [0, 0.05) is 32.1 Å². The van der Waals surface area contributed by atoms with Crippen LogP contribution in [0.2, 0.25) is 0 Å². The van der Waals surface area contributed by atoms with Crippen molar-refractivity contribution in [1.29, 1.82) is 0 Å². The molecule has 0 atom stereocenters. The number of hydrogen-bond donors (Lipinski definition) is 1. The van der Waals surface area contributed by atoms with Crippen LogP contribution >= 0.6 is 0 Å². The molecule has 1 aromatic heterocycles. The van der Waals surface area contributed by atoms with Crippen LogP contribution in [0.25, 0.3) is 10.9 Å². The maximum Gasteiger partial charge on any atom is 0.0841 e. The van der Waals surface area contributed by atoms with Crippen molar-refractivity contribution in [3.63, 3.8) is 0 Å². The Morgan fingerprint density at radius 3 is 2.86 bits per heavy atom. The Balaban J connectivity index is 2.06. The summed E-state index contributed by atoms with van der Waals surface area (Å²) in [6, 6.07) is 8.50. The number of nitrogens with one attached hydrogen (secondary N) is 1. The van der Waals surface area contributed by atoms with Crippen LogP contribution in [0, 0.1) is 5.92 Å². The van der Waals surface area contributed by atoms with Gasteiger partial charge in [-0.3, -0.25) is 4.68 Å². The minimum Gasteiger partial charge on any atom is -0.383 e. The van der Waals surface area contributed by atoms with Gasteiger partial charge in [0.2, 0.25) is 0 Å². The molecule has 0 spiro atoms. The molecule has 0 unspecified atom stereocenters. The van der Waals surface area contributed by atoms with E-state index in [1.54, 1.807) is 7.11 Å². The number of aromatic nitrogens is 2. The van der Waals surface area contributed by atoms with Gasteiger partial charge in [0.05, 0.1) is 17.8 Å². The number of methoxy groups -OCH3 is 1. The van der Waals surface area contributed by atoms with Crippen molar-refractivity contribution in [2.24, 2.45) is 5.92 Å². The summed E-state index contributed by atoms with van der Waals surface area (Å²) >= 11 is 0. The number of benzene rings is 1. The molecule has 0 aliphatic heterocycles. The van der Waals surface area contributed by atoms with E-state index in [0.29, 0.717) is 0 Å². The Hall–Kier alpha value is -1.39. The van der Waals surface area contributed by atoms with Crippen molar-refractivity contribution in [2.45, 2.75) is 39.8 Å². The monoisotopic (exact) mass is 289 g/mol. The van der Waals surface area contributed by atoms with Crippen LogP contribution in [0.4, 0.5) is 0 Å². The van der Waals surface area contributed by atoms with E-state index < -0.39 is 0 Å². The maximum absolute atomic E-state index is 5.06. The Labute approximate surface area is 127 Å². The molecule has 0 saturated heterocycles. The fourth-order valence-corrected chi connectivity index (χ4v) is 2.53. The lowest BCUT2D eigenvalue weighted by Gasteiger charge is -2.05. The van der Waals surface area contributed by atoms with Gasteiger partial charge in [-0.1, -0.05) is 32.0 Å². The molecular formula is C17H27N3O. The molecule has 2 aromatic rings. The molecule has 0 radical (unpaired) electrons. The zero-order valence-electron chi connectivity index (χ0n) is 13.4. The van der Waals surface area contributed by atoms with Gasteiger partial charge in [-0.2, -0.15) is 5.10 Å². The van der Waals surface area contributed by atoms with Crippen LogP contribution in [0.5, 0.6) is 0 Å². The van der Waals surface area contributed by atoms with E-state index in [4.69, 9.17) is 9.84 Å². The first kappa shape index (κ1) is 16.0. The highest BCUT2D eigenvalue weighted by Crippen LogP contribution is 2.19. The van der Waals surface area contributed by atoms with Crippen molar-refractivity contribution in [1.82, 2.24) is 15.1 Å². The van der Waals surface area contributed by atoms with Gasteiger partial charge in [-0.25, -0.2) is 0 Å². The van der Waals surface area contributed by atoms with E-state index in [2.05, 4.69) is 48.1 Å². The number of hydrogen-bond acceptors (Lipinski definition) is 3. The molecule has 0 fully saturated rings. The molecule has 4 heteroatoms. The number of rotatable bonds is 9. The summed E-state index contributed by atoms with van der Waals surface area (Å²) < 4.78 is 7.22. The molecule has 0 amide bonds. The Morgan fingerprint density at radius 1 is 1.29 bits per heavy atom. The average Bonchev–Trinajstić information content (AvgIpc) is 2.82. The summed E-state index contributed by atoms with van der Waals surface area (Å²) in [5.41, 5.74) is 2.37. The van der Waals surface area contributed by atoms with Crippen LogP contribution in [-0.4, -0.2) is 30.0 Å². The maximum atomic E-state index is 5.06. The van der Waals surface area contributed by atoms with Crippen LogP contribution in [0.1, 0.15) is 32.4 Å². The molecule has 1 aromatic carbocycles. The second-order valence-corrected chi connectivity index (χ2v) is 5.89. The van der Waals surface area contributed by atoms with Crippen molar-refractivity contribution in [2.75, 3.05) is 20.3 Å². The van der Waals surface area contributed by atoms with E-state index in [1.165, 1.54) is 23.7 Å². The number of aryl methyl sites for hydroxylation is 1. The molecule has 1 N–H and O–H groups in total. The van der Waals surface area contributed by atoms with E-state index in [9.17, 15) is 0 Å². The normalized spacial score (nSPS) is 11.6. The largest absolute Gasteiger partial charge is 0.383 e. The third-order valence-electron chi connectivity index (χ3n) is 3.66. The minimum atomic E-state index is 0.729. The highest BCUT2D eigenvalue weighted by atomic mass is 16.5. The number of fused-ring (bicyclic) bond motifs is 1. The topological polar surface area (TPSA) is 39.1 Å².